The summed E-state index contributed by atoms with van der Waals surface area (Å²) in [7, 11) is 0. The Bertz CT molecular complexity index is 799. The van der Waals surface area contributed by atoms with Crippen molar-refractivity contribution in [1.29, 1.82) is 0 Å². The minimum absolute atomic E-state index is 0.119. The van der Waals surface area contributed by atoms with Gasteiger partial charge in [-0.1, -0.05) is 18.2 Å². The van der Waals surface area contributed by atoms with Crippen LogP contribution < -0.4 is 5.32 Å². The van der Waals surface area contributed by atoms with E-state index >= 15 is 0 Å². The minimum atomic E-state index is -0.590. The molecular weight excluding hydrogens is 394 g/mol. The molecule has 0 saturated carbocycles. The first-order chi connectivity index (χ1) is 11.1. The molecule has 0 fully saturated rings. The number of hydrogen-bond acceptors (Lipinski definition) is 4. The van der Waals surface area contributed by atoms with Crippen molar-refractivity contribution in [3.8, 4) is 0 Å². The molecular formula is C17H14BrNO2S2. The number of rotatable bonds is 5. The van der Waals surface area contributed by atoms with Crippen LogP contribution in [0.15, 0.2) is 58.4 Å². The fourth-order valence-electron chi connectivity index (χ4n) is 2.13. The van der Waals surface area contributed by atoms with Crippen molar-refractivity contribution in [2.45, 2.75) is 12.6 Å². The number of benzene rings is 1. The molecule has 2 N–H and O–H groups in total. The van der Waals surface area contributed by atoms with Crippen LogP contribution in [0.2, 0.25) is 0 Å². The maximum Gasteiger partial charge on any atom is 0.252 e. The SMILES string of the molecule is O=C(NCc1ccc([C@@H](O)c2cccs2)s1)c1ccccc1Br. The Morgan fingerprint density at radius 3 is 2.70 bits per heavy atom. The van der Waals surface area contributed by atoms with Gasteiger partial charge in [-0.05, 0) is 51.6 Å². The normalized spacial score (nSPS) is 12.1. The van der Waals surface area contributed by atoms with Crippen molar-refractivity contribution in [2.75, 3.05) is 0 Å². The molecule has 0 saturated heterocycles. The molecule has 118 valence electrons. The Kier molecular flexibility index (Phi) is 5.27. The molecule has 6 heteroatoms. The lowest BCUT2D eigenvalue weighted by Gasteiger charge is -2.06. The van der Waals surface area contributed by atoms with E-state index in [1.807, 2.05) is 47.8 Å². The fourth-order valence-corrected chi connectivity index (χ4v) is 4.36. The second-order valence-corrected chi connectivity index (χ2v) is 7.92. The highest BCUT2D eigenvalue weighted by Gasteiger charge is 2.14. The molecule has 3 rings (SSSR count). The van der Waals surface area contributed by atoms with Crippen LogP contribution in [-0.2, 0) is 6.54 Å². The van der Waals surface area contributed by atoms with E-state index in [-0.39, 0.29) is 5.91 Å². The van der Waals surface area contributed by atoms with Crippen molar-refractivity contribution < 1.29 is 9.90 Å². The van der Waals surface area contributed by atoms with E-state index in [1.54, 1.807) is 6.07 Å². The lowest BCUT2D eigenvalue weighted by molar-refractivity contribution is 0.0950. The summed E-state index contributed by atoms with van der Waals surface area (Å²) in [5.41, 5.74) is 0.614. The van der Waals surface area contributed by atoms with E-state index in [0.29, 0.717) is 12.1 Å². The first-order valence-electron chi connectivity index (χ1n) is 6.98. The van der Waals surface area contributed by atoms with E-state index < -0.39 is 6.10 Å². The molecule has 1 aromatic carbocycles. The third-order valence-electron chi connectivity index (χ3n) is 3.31. The predicted molar refractivity (Wildman–Crippen MR) is 98.0 cm³/mol. The topological polar surface area (TPSA) is 49.3 Å². The summed E-state index contributed by atoms with van der Waals surface area (Å²) in [6, 6.07) is 15.0. The maximum absolute atomic E-state index is 12.2. The molecule has 23 heavy (non-hydrogen) atoms. The first kappa shape index (κ1) is 16.4. The number of amides is 1. The minimum Gasteiger partial charge on any atom is -0.382 e. The third-order valence-corrected chi connectivity index (χ3v) is 6.06. The van der Waals surface area contributed by atoms with Gasteiger partial charge in [-0.3, -0.25) is 4.79 Å². The lowest BCUT2D eigenvalue weighted by Crippen LogP contribution is -2.22. The van der Waals surface area contributed by atoms with Gasteiger partial charge in [-0.15, -0.1) is 22.7 Å². The van der Waals surface area contributed by atoms with Crippen molar-refractivity contribution in [3.05, 3.63) is 78.6 Å². The average Bonchev–Trinajstić information content (AvgIpc) is 3.24. The molecule has 0 aliphatic heterocycles. The molecule has 0 bridgehead atoms. The quantitative estimate of drug-likeness (QED) is 0.649. The van der Waals surface area contributed by atoms with E-state index in [9.17, 15) is 9.90 Å². The Morgan fingerprint density at radius 2 is 1.96 bits per heavy atom. The maximum atomic E-state index is 12.2. The van der Waals surface area contributed by atoms with Crippen LogP contribution in [0.5, 0.6) is 0 Å². The van der Waals surface area contributed by atoms with E-state index in [2.05, 4.69) is 21.2 Å². The van der Waals surface area contributed by atoms with E-state index in [1.165, 1.54) is 22.7 Å². The summed E-state index contributed by atoms with van der Waals surface area (Å²) in [4.78, 5) is 15.0. The highest BCUT2D eigenvalue weighted by Crippen LogP contribution is 2.30. The van der Waals surface area contributed by atoms with Crippen LogP contribution >= 0.6 is 38.6 Å². The molecule has 0 aliphatic rings. The van der Waals surface area contributed by atoms with Gasteiger partial charge in [0.2, 0.25) is 0 Å². The van der Waals surface area contributed by atoms with Gasteiger partial charge in [0, 0.05) is 19.1 Å². The molecule has 2 heterocycles. The van der Waals surface area contributed by atoms with Crippen molar-refractivity contribution in [3.63, 3.8) is 0 Å². The van der Waals surface area contributed by atoms with Crippen molar-refractivity contribution in [2.24, 2.45) is 0 Å². The first-order valence-corrected chi connectivity index (χ1v) is 9.47. The number of halogens is 1. The van der Waals surface area contributed by atoms with Crippen molar-refractivity contribution in [1.82, 2.24) is 5.32 Å². The largest absolute Gasteiger partial charge is 0.382 e. The molecule has 2 aromatic heterocycles. The van der Waals surface area contributed by atoms with Crippen LogP contribution in [0.25, 0.3) is 0 Å². The van der Waals surface area contributed by atoms with E-state index in [0.717, 1.165) is 19.1 Å². The molecule has 0 unspecified atom stereocenters. The highest BCUT2D eigenvalue weighted by atomic mass is 79.9. The number of nitrogens with one attached hydrogen (secondary N) is 1. The van der Waals surface area contributed by atoms with Gasteiger partial charge in [0.05, 0.1) is 12.1 Å². The van der Waals surface area contributed by atoms with Crippen LogP contribution in [-0.4, -0.2) is 11.0 Å². The fraction of sp³-hybridized carbons (Fsp3) is 0.118. The zero-order valence-corrected chi connectivity index (χ0v) is 15.2. The number of carbonyl (C=O) groups excluding carboxylic acids is 1. The molecule has 1 amide bonds. The smallest absolute Gasteiger partial charge is 0.252 e. The molecule has 1 atom stereocenters. The summed E-state index contributed by atoms with van der Waals surface area (Å²) >= 11 is 6.42. The standard InChI is InChI=1S/C17H14BrNO2S2/c18-13-5-2-1-4-12(13)17(21)19-10-11-7-8-15(23-11)16(20)14-6-3-9-22-14/h1-9,16,20H,10H2,(H,19,21)/t16-/m0/s1. The van der Waals surface area contributed by atoms with Crippen LogP contribution in [0.3, 0.4) is 0 Å². The van der Waals surface area contributed by atoms with Crippen LogP contribution in [0, 0.1) is 0 Å². The average molecular weight is 408 g/mol. The second kappa shape index (κ2) is 7.40. The van der Waals surface area contributed by atoms with Gasteiger partial charge in [0.1, 0.15) is 6.10 Å². The molecule has 3 aromatic rings. The van der Waals surface area contributed by atoms with Crippen LogP contribution in [0.4, 0.5) is 0 Å². The Hall–Kier alpha value is -1.47. The Balaban J connectivity index is 1.64. The Labute approximate surface area is 150 Å². The van der Waals surface area contributed by atoms with Gasteiger partial charge in [-0.25, -0.2) is 0 Å². The zero-order chi connectivity index (χ0) is 16.2. The zero-order valence-electron chi connectivity index (χ0n) is 12.0. The summed E-state index contributed by atoms with van der Waals surface area (Å²) in [6.45, 7) is 0.446. The molecule has 3 nitrogen and oxygen atoms in total. The summed E-state index contributed by atoms with van der Waals surface area (Å²) in [5, 5.41) is 15.2. The molecule has 0 spiro atoms. The van der Waals surface area contributed by atoms with E-state index in [4.69, 9.17) is 0 Å². The number of carbonyl (C=O) groups is 1. The van der Waals surface area contributed by atoms with Gasteiger partial charge in [0.15, 0.2) is 0 Å². The van der Waals surface area contributed by atoms with Crippen molar-refractivity contribution >= 4 is 44.5 Å². The monoisotopic (exact) mass is 407 g/mol. The number of aliphatic hydroxyl groups excluding tert-OH is 1. The summed E-state index contributed by atoms with van der Waals surface area (Å²) < 4.78 is 0.775. The Morgan fingerprint density at radius 1 is 1.13 bits per heavy atom. The van der Waals surface area contributed by atoms with Gasteiger partial charge < -0.3 is 10.4 Å². The lowest BCUT2D eigenvalue weighted by atomic mass is 10.2. The number of thiophene rings is 2. The number of aliphatic hydroxyl groups is 1. The number of hydrogen-bond donors (Lipinski definition) is 2. The third kappa shape index (κ3) is 3.90. The van der Waals surface area contributed by atoms with Crippen LogP contribution in [0.1, 0.15) is 31.1 Å². The second-order valence-electron chi connectivity index (χ2n) is 4.88. The highest BCUT2D eigenvalue weighted by molar-refractivity contribution is 9.10. The summed E-state index contributed by atoms with van der Waals surface area (Å²) in [5.74, 6) is -0.119. The molecule has 0 aliphatic carbocycles. The van der Waals surface area contributed by atoms with Gasteiger partial charge in [0.25, 0.3) is 5.91 Å². The molecule has 0 radical (unpaired) electrons. The summed E-state index contributed by atoms with van der Waals surface area (Å²) in [6.07, 6.45) is -0.590. The van der Waals surface area contributed by atoms with Gasteiger partial charge >= 0.3 is 0 Å². The predicted octanol–water partition coefficient (Wildman–Crippen LogP) is 4.58. The van der Waals surface area contributed by atoms with Gasteiger partial charge in [-0.2, -0.15) is 0 Å².